The molecule has 0 bridgehead atoms. The molecule has 1 saturated heterocycles. The lowest BCUT2D eigenvalue weighted by molar-refractivity contribution is 0.0322. The molecule has 0 saturated carbocycles. The molecule has 1 fully saturated rings. The number of ketones is 1. The number of carbonyl (C=O) groups excluding carboxylic acids is 1. The van der Waals surface area contributed by atoms with Crippen LogP contribution in [0.5, 0.6) is 5.75 Å². The van der Waals surface area contributed by atoms with Crippen molar-refractivity contribution in [3.63, 3.8) is 0 Å². The van der Waals surface area contributed by atoms with Gasteiger partial charge in [0, 0.05) is 54.3 Å². The van der Waals surface area contributed by atoms with Crippen LogP contribution in [0, 0.1) is 5.82 Å². The van der Waals surface area contributed by atoms with Crippen molar-refractivity contribution < 1.29 is 18.7 Å². The zero-order chi connectivity index (χ0) is 21.9. The van der Waals surface area contributed by atoms with Gasteiger partial charge in [-0.05, 0) is 47.5 Å². The molecule has 2 heterocycles. The summed E-state index contributed by atoms with van der Waals surface area (Å²) in [7, 11) is 0. The van der Waals surface area contributed by atoms with Gasteiger partial charge in [-0.3, -0.25) is 14.7 Å². The molecule has 162 valence electrons. The van der Waals surface area contributed by atoms with Gasteiger partial charge in [0.05, 0.1) is 13.2 Å². The number of allylic oxidation sites excluding steroid dienone is 1. The molecule has 1 aliphatic heterocycles. The van der Waals surface area contributed by atoms with E-state index in [0.717, 1.165) is 55.1 Å². The van der Waals surface area contributed by atoms with Crippen molar-refractivity contribution in [1.82, 2.24) is 9.88 Å². The largest absolute Gasteiger partial charge is 0.492 e. The molecule has 0 atom stereocenters. The third-order valence-electron chi connectivity index (χ3n) is 5.85. The van der Waals surface area contributed by atoms with Crippen molar-refractivity contribution in [3.05, 3.63) is 95.1 Å². The zero-order valence-electron chi connectivity index (χ0n) is 17.6. The number of ether oxygens (including phenoxy) is 2. The smallest absolute Gasteiger partial charge is 0.195 e. The normalized spacial score (nSPS) is 16.3. The predicted octanol–water partition coefficient (Wildman–Crippen LogP) is 4.09. The van der Waals surface area contributed by atoms with Crippen molar-refractivity contribution in [2.45, 2.75) is 0 Å². The first-order valence-corrected chi connectivity index (χ1v) is 10.7. The van der Waals surface area contributed by atoms with Gasteiger partial charge >= 0.3 is 0 Å². The van der Waals surface area contributed by atoms with Crippen molar-refractivity contribution in [1.29, 1.82) is 0 Å². The number of morpholine rings is 1. The van der Waals surface area contributed by atoms with Gasteiger partial charge in [0.2, 0.25) is 0 Å². The molecule has 6 heteroatoms. The van der Waals surface area contributed by atoms with Gasteiger partial charge in [-0.2, -0.15) is 0 Å². The van der Waals surface area contributed by atoms with E-state index in [2.05, 4.69) is 9.88 Å². The number of halogens is 1. The number of carbonyl (C=O) groups is 1. The molecule has 0 radical (unpaired) electrons. The molecule has 0 spiro atoms. The summed E-state index contributed by atoms with van der Waals surface area (Å²) in [5.41, 5.74) is 4.30. The number of nitrogens with zero attached hydrogens (tertiary/aromatic N) is 2. The Balaban J connectivity index is 1.45. The summed E-state index contributed by atoms with van der Waals surface area (Å²) < 4.78 is 24.9. The van der Waals surface area contributed by atoms with Gasteiger partial charge < -0.3 is 9.47 Å². The van der Waals surface area contributed by atoms with E-state index in [9.17, 15) is 9.18 Å². The van der Waals surface area contributed by atoms with Gasteiger partial charge in [-0.15, -0.1) is 0 Å². The molecule has 1 aromatic heterocycles. The van der Waals surface area contributed by atoms with E-state index < -0.39 is 0 Å². The number of pyridine rings is 1. The number of fused-ring (bicyclic) bond motifs is 1. The lowest BCUT2D eigenvalue weighted by Crippen LogP contribution is -2.38. The molecule has 2 aliphatic rings. The number of hydrogen-bond donors (Lipinski definition) is 0. The molecule has 3 aromatic rings. The Morgan fingerprint density at radius 1 is 0.969 bits per heavy atom. The van der Waals surface area contributed by atoms with E-state index in [1.807, 2.05) is 24.3 Å². The van der Waals surface area contributed by atoms with Crippen LogP contribution in [0.2, 0.25) is 0 Å². The van der Waals surface area contributed by atoms with E-state index >= 15 is 0 Å². The number of Topliss-reactive ketones (excluding diaryl/α,β-unsaturated/α-hetero) is 1. The third-order valence-corrected chi connectivity index (χ3v) is 5.85. The van der Waals surface area contributed by atoms with Crippen molar-refractivity contribution in [2.24, 2.45) is 0 Å². The van der Waals surface area contributed by atoms with Crippen LogP contribution in [0.25, 0.3) is 11.1 Å². The Morgan fingerprint density at radius 3 is 2.53 bits per heavy atom. The molecule has 0 N–H and O–H groups in total. The van der Waals surface area contributed by atoms with Crippen LogP contribution in [0.3, 0.4) is 0 Å². The van der Waals surface area contributed by atoms with E-state index in [-0.39, 0.29) is 11.6 Å². The minimum atomic E-state index is -0.314. The lowest BCUT2D eigenvalue weighted by atomic mass is 9.95. The number of aromatic nitrogens is 1. The van der Waals surface area contributed by atoms with E-state index in [0.29, 0.717) is 23.5 Å². The Bertz CT molecular complexity index is 1150. The van der Waals surface area contributed by atoms with Crippen LogP contribution >= 0.6 is 0 Å². The monoisotopic (exact) mass is 430 g/mol. The summed E-state index contributed by atoms with van der Waals surface area (Å²) in [4.78, 5) is 20.0. The quantitative estimate of drug-likeness (QED) is 0.590. The summed E-state index contributed by atoms with van der Waals surface area (Å²) in [5.74, 6) is 0.271. The highest BCUT2D eigenvalue weighted by molar-refractivity contribution is 6.41. The topological polar surface area (TPSA) is 51.7 Å². The molecule has 5 nitrogen and oxygen atoms in total. The van der Waals surface area contributed by atoms with Gasteiger partial charge in [-0.25, -0.2) is 4.39 Å². The lowest BCUT2D eigenvalue weighted by Gasteiger charge is -2.26. The third kappa shape index (κ3) is 4.07. The second-order valence-electron chi connectivity index (χ2n) is 7.84. The standard InChI is InChI=1S/C26H23FN2O3/c27-20-5-3-18(4-6-20)24-22-8-7-21(32-15-12-29-10-13-31-14-11-29)16-23(22)26(30)25(24)19-2-1-9-28-17-19/h1-9,16-17H,10-15H2. The maximum atomic E-state index is 13.6. The molecule has 2 aromatic carbocycles. The summed E-state index contributed by atoms with van der Waals surface area (Å²) in [5, 5.41) is 0. The molecule has 0 amide bonds. The molecule has 32 heavy (non-hydrogen) atoms. The maximum absolute atomic E-state index is 13.6. The van der Waals surface area contributed by atoms with Crippen molar-refractivity contribution in [3.8, 4) is 5.75 Å². The number of benzene rings is 2. The molecular weight excluding hydrogens is 407 g/mol. The molecule has 0 unspecified atom stereocenters. The fourth-order valence-electron chi connectivity index (χ4n) is 4.22. The van der Waals surface area contributed by atoms with E-state index in [4.69, 9.17) is 9.47 Å². The summed E-state index contributed by atoms with van der Waals surface area (Å²) in [6.45, 7) is 4.68. The van der Waals surface area contributed by atoms with Crippen LogP contribution in [0.4, 0.5) is 4.39 Å². The van der Waals surface area contributed by atoms with Gasteiger partial charge in [0.1, 0.15) is 18.2 Å². The van der Waals surface area contributed by atoms with Gasteiger partial charge in [0.15, 0.2) is 5.78 Å². The Hall–Kier alpha value is -3.35. The molecule has 5 rings (SSSR count). The predicted molar refractivity (Wildman–Crippen MR) is 120 cm³/mol. The first-order chi connectivity index (χ1) is 15.7. The van der Waals surface area contributed by atoms with Crippen molar-refractivity contribution >= 4 is 16.9 Å². The summed E-state index contributed by atoms with van der Waals surface area (Å²) >= 11 is 0. The second-order valence-corrected chi connectivity index (χ2v) is 7.84. The van der Waals surface area contributed by atoms with E-state index in [1.165, 1.54) is 12.1 Å². The Labute approximate surface area is 186 Å². The Kier molecular flexibility index (Phi) is 5.79. The van der Waals surface area contributed by atoms with Gasteiger partial charge in [-0.1, -0.05) is 18.2 Å². The highest BCUT2D eigenvalue weighted by Crippen LogP contribution is 2.43. The number of hydrogen-bond acceptors (Lipinski definition) is 5. The fourth-order valence-corrected chi connectivity index (χ4v) is 4.22. The van der Waals surface area contributed by atoms with Gasteiger partial charge in [0.25, 0.3) is 0 Å². The highest BCUT2D eigenvalue weighted by atomic mass is 19.1. The fraction of sp³-hybridized carbons (Fsp3) is 0.231. The summed E-state index contributed by atoms with van der Waals surface area (Å²) in [6.07, 6.45) is 3.36. The van der Waals surface area contributed by atoms with Crippen LogP contribution in [0.15, 0.2) is 67.0 Å². The van der Waals surface area contributed by atoms with Crippen molar-refractivity contribution in [2.75, 3.05) is 39.5 Å². The first kappa shape index (κ1) is 20.5. The van der Waals surface area contributed by atoms with Crippen LogP contribution in [0.1, 0.15) is 27.0 Å². The maximum Gasteiger partial charge on any atom is 0.195 e. The van der Waals surface area contributed by atoms with Crippen LogP contribution in [-0.2, 0) is 4.74 Å². The minimum absolute atomic E-state index is 0.0778. The van der Waals surface area contributed by atoms with E-state index in [1.54, 1.807) is 30.6 Å². The zero-order valence-corrected chi connectivity index (χ0v) is 17.6. The number of rotatable bonds is 6. The molecular formula is C26H23FN2O3. The Morgan fingerprint density at radius 2 is 1.78 bits per heavy atom. The van der Waals surface area contributed by atoms with Crippen LogP contribution in [-0.4, -0.2) is 55.1 Å². The minimum Gasteiger partial charge on any atom is -0.492 e. The second kappa shape index (κ2) is 9.02. The highest BCUT2D eigenvalue weighted by Gasteiger charge is 2.32. The van der Waals surface area contributed by atoms with Crippen LogP contribution < -0.4 is 4.74 Å². The average molecular weight is 430 g/mol. The first-order valence-electron chi connectivity index (χ1n) is 10.7. The SMILES string of the molecule is O=C1C(c2cccnc2)=C(c2ccc(F)cc2)c2ccc(OCCN3CCOCC3)cc21. The molecule has 1 aliphatic carbocycles. The summed E-state index contributed by atoms with van der Waals surface area (Å²) in [6, 6.07) is 15.5. The average Bonchev–Trinajstić information content (AvgIpc) is 3.13.